The average Bonchev–Trinajstić information content (AvgIpc) is 2.21. The summed E-state index contributed by atoms with van der Waals surface area (Å²) in [5.74, 6) is 1.09. The van der Waals surface area contributed by atoms with Crippen LogP contribution >= 0.6 is 0 Å². The molecule has 0 rings (SSSR count). The standard InChI is InChI=1S/C12H23N5/c1-6-17(7-8(2)3)12(16-10(5)14)11(15)9(4)13/h6,8,14H,1,7,13,15H2,2-5H3. The van der Waals surface area contributed by atoms with Crippen molar-refractivity contribution in [3.63, 3.8) is 0 Å². The Labute approximate surface area is 103 Å². The lowest BCUT2D eigenvalue weighted by atomic mass is 10.2. The Kier molecular flexibility index (Phi) is 6.02. The summed E-state index contributed by atoms with van der Waals surface area (Å²) in [6.45, 7) is 11.9. The maximum atomic E-state index is 7.44. The molecular weight excluding hydrogens is 214 g/mol. The molecule has 5 heteroatoms. The minimum absolute atomic E-state index is 0.180. The molecule has 0 fully saturated rings. The van der Waals surface area contributed by atoms with Crippen LogP contribution in [0.1, 0.15) is 27.7 Å². The highest BCUT2D eigenvalue weighted by Crippen LogP contribution is 2.07. The lowest BCUT2D eigenvalue weighted by Crippen LogP contribution is -2.35. The van der Waals surface area contributed by atoms with Crippen LogP contribution in [0.15, 0.2) is 29.2 Å². The van der Waals surface area contributed by atoms with Gasteiger partial charge in [-0.15, -0.1) is 0 Å². The fourth-order valence-corrected chi connectivity index (χ4v) is 1.26. The Hall–Kier alpha value is -1.78. The van der Waals surface area contributed by atoms with Crippen LogP contribution in [0.3, 0.4) is 0 Å². The molecule has 0 aliphatic heterocycles. The van der Waals surface area contributed by atoms with E-state index in [4.69, 9.17) is 16.9 Å². The first-order chi connectivity index (χ1) is 7.79. The summed E-state index contributed by atoms with van der Waals surface area (Å²) in [4.78, 5) is 5.93. The number of amidine groups is 2. The van der Waals surface area contributed by atoms with Crippen LogP contribution < -0.4 is 11.5 Å². The highest BCUT2D eigenvalue weighted by Gasteiger charge is 2.14. The van der Waals surface area contributed by atoms with Crippen molar-refractivity contribution in [3.05, 3.63) is 24.2 Å². The molecule has 0 aliphatic rings. The predicted molar refractivity (Wildman–Crippen MR) is 73.7 cm³/mol. The molecule has 0 radical (unpaired) electrons. The third kappa shape index (κ3) is 5.19. The second-order valence-electron chi connectivity index (χ2n) is 4.35. The smallest absolute Gasteiger partial charge is 0.159 e. The van der Waals surface area contributed by atoms with Crippen LogP contribution in [-0.4, -0.2) is 23.1 Å². The van der Waals surface area contributed by atoms with Gasteiger partial charge in [0, 0.05) is 12.2 Å². The van der Waals surface area contributed by atoms with Gasteiger partial charge in [-0.3, -0.25) is 5.41 Å². The maximum absolute atomic E-state index is 7.44. The minimum atomic E-state index is 0.180. The normalized spacial score (nSPS) is 13.4. The topological polar surface area (TPSA) is 91.5 Å². The molecule has 0 saturated heterocycles. The molecule has 0 aromatic carbocycles. The molecule has 0 aromatic rings. The summed E-state index contributed by atoms with van der Waals surface area (Å²) in [5.41, 5.74) is 12.5. The van der Waals surface area contributed by atoms with Gasteiger partial charge in [-0.1, -0.05) is 20.4 Å². The zero-order valence-corrected chi connectivity index (χ0v) is 11.1. The zero-order valence-electron chi connectivity index (χ0n) is 11.1. The van der Waals surface area contributed by atoms with Gasteiger partial charge in [0.1, 0.15) is 5.84 Å². The molecule has 0 bridgehead atoms. The van der Waals surface area contributed by atoms with E-state index in [-0.39, 0.29) is 5.84 Å². The summed E-state index contributed by atoms with van der Waals surface area (Å²) >= 11 is 0. The summed E-state index contributed by atoms with van der Waals surface area (Å²) in [7, 11) is 0. The molecular formula is C12H23N5. The van der Waals surface area contributed by atoms with Gasteiger partial charge in [-0.25, -0.2) is 4.99 Å². The number of allylic oxidation sites excluding steroid dienone is 1. The van der Waals surface area contributed by atoms with E-state index in [0.29, 0.717) is 23.1 Å². The Morgan fingerprint density at radius 2 is 1.94 bits per heavy atom. The molecule has 96 valence electrons. The van der Waals surface area contributed by atoms with Crippen LogP contribution in [0, 0.1) is 11.3 Å². The highest BCUT2D eigenvalue weighted by atomic mass is 15.2. The first kappa shape index (κ1) is 15.2. The van der Waals surface area contributed by atoms with Gasteiger partial charge < -0.3 is 16.4 Å². The third-order valence-electron chi connectivity index (χ3n) is 1.99. The monoisotopic (exact) mass is 237 g/mol. The number of nitrogens with two attached hydrogens (primary N) is 2. The van der Waals surface area contributed by atoms with Crippen LogP contribution in [0.5, 0.6) is 0 Å². The van der Waals surface area contributed by atoms with E-state index in [0.717, 1.165) is 6.54 Å². The van der Waals surface area contributed by atoms with E-state index in [1.807, 2.05) is 4.90 Å². The van der Waals surface area contributed by atoms with Gasteiger partial charge in [-0.2, -0.15) is 0 Å². The maximum Gasteiger partial charge on any atom is 0.159 e. The van der Waals surface area contributed by atoms with Gasteiger partial charge in [0.25, 0.3) is 0 Å². The van der Waals surface area contributed by atoms with E-state index in [9.17, 15) is 0 Å². The van der Waals surface area contributed by atoms with Crippen molar-refractivity contribution in [1.82, 2.24) is 4.90 Å². The SMILES string of the molecule is C=CN(CC(C)C)C(=NC(C)=N)C(N)=C(C)N. The van der Waals surface area contributed by atoms with Gasteiger partial charge >= 0.3 is 0 Å². The lowest BCUT2D eigenvalue weighted by Gasteiger charge is -2.24. The molecule has 0 unspecified atom stereocenters. The molecule has 5 N–H and O–H groups in total. The van der Waals surface area contributed by atoms with Gasteiger partial charge in [0.2, 0.25) is 0 Å². The molecule has 0 heterocycles. The first-order valence-electron chi connectivity index (χ1n) is 5.54. The Bertz CT molecular complexity index is 348. The second-order valence-corrected chi connectivity index (χ2v) is 4.35. The van der Waals surface area contributed by atoms with Crippen molar-refractivity contribution >= 4 is 11.7 Å². The summed E-state index contributed by atoms with van der Waals surface area (Å²) < 4.78 is 0. The van der Waals surface area contributed by atoms with Gasteiger partial charge in [0.05, 0.1) is 5.70 Å². The molecule has 0 atom stereocenters. The quantitative estimate of drug-likeness (QED) is 0.512. The largest absolute Gasteiger partial charge is 0.401 e. The number of hydrogen-bond acceptors (Lipinski definition) is 3. The molecule has 0 aliphatic carbocycles. The van der Waals surface area contributed by atoms with Crippen molar-refractivity contribution < 1.29 is 0 Å². The molecule has 17 heavy (non-hydrogen) atoms. The van der Waals surface area contributed by atoms with Crippen molar-refractivity contribution in [1.29, 1.82) is 5.41 Å². The summed E-state index contributed by atoms with van der Waals surface area (Å²) in [6.07, 6.45) is 1.65. The minimum Gasteiger partial charge on any atom is -0.401 e. The molecule has 0 saturated carbocycles. The number of hydrogen-bond donors (Lipinski definition) is 3. The van der Waals surface area contributed by atoms with Crippen LogP contribution in [0.25, 0.3) is 0 Å². The van der Waals surface area contributed by atoms with Crippen molar-refractivity contribution in [2.75, 3.05) is 6.54 Å². The average molecular weight is 237 g/mol. The predicted octanol–water partition coefficient (Wildman–Crippen LogP) is 1.63. The molecule has 0 amide bonds. The first-order valence-corrected chi connectivity index (χ1v) is 5.54. The van der Waals surface area contributed by atoms with Crippen molar-refractivity contribution in [2.45, 2.75) is 27.7 Å². The van der Waals surface area contributed by atoms with E-state index in [2.05, 4.69) is 25.4 Å². The van der Waals surface area contributed by atoms with E-state index in [1.165, 1.54) is 0 Å². The fourth-order valence-electron chi connectivity index (χ4n) is 1.26. The number of aliphatic imine (C=N–C) groups is 1. The highest BCUT2D eigenvalue weighted by molar-refractivity contribution is 6.05. The van der Waals surface area contributed by atoms with Gasteiger partial charge in [-0.05, 0) is 26.0 Å². The van der Waals surface area contributed by atoms with Crippen LogP contribution in [0.2, 0.25) is 0 Å². The number of nitrogens with one attached hydrogen (secondary N) is 1. The molecule has 0 aromatic heterocycles. The number of nitrogens with zero attached hydrogens (tertiary/aromatic N) is 2. The van der Waals surface area contributed by atoms with E-state index in [1.54, 1.807) is 20.0 Å². The van der Waals surface area contributed by atoms with E-state index < -0.39 is 0 Å². The van der Waals surface area contributed by atoms with Crippen molar-refractivity contribution in [2.24, 2.45) is 22.4 Å². The lowest BCUT2D eigenvalue weighted by molar-refractivity contribution is 0.458. The Balaban J connectivity index is 5.38. The third-order valence-corrected chi connectivity index (χ3v) is 1.99. The number of rotatable bonds is 4. The second kappa shape index (κ2) is 6.73. The van der Waals surface area contributed by atoms with Crippen LogP contribution in [0.4, 0.5) is 0 Å². The van der Waals surface area contributed by atoms with Crippen molar-refractivity contribution in [3.8, 4) is 0 Å². The molecule has 5 nitrogen and oxygen atoms in total. The Morgan fingerprint density at radius 3 is 2.24 bits per heavy atom. The van der Waals surface area contributed by atoms with E-state index >= 15 is 0 Å². The van der Waals surface area contributed by atoms with Gasteiger partial charge in [0.15, 0.2) is 5.84 Å². The Morgan fingerprint density at radius 1 is 1.41 bits per heavy atom. The van der Waals surface area contributed by atoms with Crippen LogP contribution in [-0.2, 0) is 0 Å². The summed E-state index contributed by atoms with van der Waals surface area (Å²) in [6, 6.07) is 0. The summed E-state index contributed by atoms with van der Waals surface area (Å²) in [5, 5.41) is 7.44. The molecule has 0 spiro atoms. The fraction of sp³-hybridized carbons (Fsp3) is 0.500. The zero-order chi connectivity index (χ0) is 13.6.